The molecule has 0 saturated carbocycles. The number of hydrogen-bond donors (Lipinski definition) is 0. The molecule has 1 aromatic heterocycles. The van der Waals surface area contributed by atoms with Gasteiger partial charge in [-0.25, -0.2) is 0 Å². The fraction of sp³-hybridized carbons (Fsp3) is 0.438. The summed E-state index contributed by atoms with van der Waals surface area (Å²) >= 11 is 0. The Kier molecular flexibility index (Phi) is 2.96. The standard InChI is InChI=1S/C16H18O4/c1-9-10(2)20-15-12(14(9)17)6-5-11-7-16(3,18-4)19-8-13(11)15/h5-6H,7-8H2,1-4H3/t16-/m1/s1. The zero-order valence-corrected chi connectivity index (χ0v) is 12.2. The summed E-state index contributed by atoms with van der Waals surface area (Å²) in [5.74, 6) is 0.0525. The van der Waals surface area contributed by atoms with Crippen molar-refractivity contribution in [2.75, 3.05) is 7.11 Å². The molecule has 0 radical (unpaired) electrons. The van der Waals surface area contributed by atoms with Gasteiger partial charge >= 0.3 is 0 Å². The van der Waals surface area contributed by atoms with Gasteiger partial charge in [0.2, 0.25) is 0 Å². The molecule has 106 valence electrons. The summed E-state index contributed by atoms with van der Waals surface area (Å²) < 4.78 is 17.0. The first-order valence-corrected chi connectivity index (χ1v) is 6.69. The number of methoxy groups -OCH3 is 1. The molecule has 0 spiro atoms. The highest BCUT2D eigenvalue weighted by molar-refractivity contribution is 5.81. The lowest BCUT2D eigenvalue weighted by atomic mass is 9.95. The van der Waals surface area contributed by atoms with E-state index in [2.05, 4.69) is 0 Å². The Hall–Kier alpha value is -1.65. The Balaban J connectivity index is 2.26. The van der Waals surface area contributed by atoms with Gasteiger partial charge in [0.15, 0.2) is 11.2 Å². The molecule has 1 aromatic carbocycles. The molecule has 1 aliphatic rings. The van der Waals surface area contributed by atoms with Crippen LogP contribution in [0.15, 0.2) is 21.3 Å². The highest BCUT2D eigenvalue weighted by Crippen LogP contribution is 2.33. The average Bonchev–Trinajstić information content (AvgIpc) is 2.44. The molecule has 20 heavy (non-hydrogen) atoms. The SMILES string of the molecule is CO[C@@]1(C)Cc2ccc3c(=O)c(C)c(C)oc3c2CO1. The van der Waals surface area contributed by atoms with Crippen LogP contribution in [0.4, 0.5) is 0 Å². The molecular weight excluding hydrogens is 256 g/mol. The van der Waals surface area contributed by atoms with Gasteiger partial charge in [0, 0.05) is 24.7 Å². The van der Waals surface area contributed by atoms with Crippen molar-refractivity contribution in [1.29, 1.82) is 0 Å². The van der Waals surface area contributed by atoms with Crippen molar-refractivity contribution in [3.63, 3.8) is 0 Å². The summed E-state index contributed by atoms with van der Waals surface area (Å²) in [5, 5.41) is 0.622. The highest BCUT2D eigenvalue weighted by Gasteiger charge is 2.32. The largest absolute Gasteiger partial charge is 0.460 e. The van der Waals surface area contributed by atoms with E-state index < -0.39 is 5.79 Å². The lowest BCUT2D eigenvalue weighted by molar-refractivity contribution is -0.222. The van der Waals surface area contributed by atoms with Gasteiger partial charge < -0.3 is 13.9 Å². The number of aryl methyl sites for hydroxylation is 1. The number of ether oxygens (including phenoxy) is 2. The third-order valence-electron chi connectivity index (χ3n) is 4.19. The predicted molar refractivity (Wildman–Crippen MR) is 75.9 cm³/mol. The van der Waals surface area contributed by atoms with Crippen LogP contribution in [0.3, 0.4) is 0 Å². The predicted octanol–water partition coefficient (Wildman–Crippen LogP) is 2.85. The molecule has 0 aliphatic carbocycles. The van der Waals surface area contributed by atoms with Crippen LogP contribution < -0.4 is 5.43 Å². The minimum absolute atomic E-state index is 0.0339. The maximum atomic E-state index is 12.3. The second-order valence-electron chi connectivity index (χ2n) is 5.50. The molecule has 0 unspecified atom stereocenters. The van der Waals surface area contributed by atoms with Crippen molar-refractivity contribution in [1.82, 2.24) is 0 Å². The van der Waals surface area contributed by atoms with Gasteiger partial charge in [-0.1, -0.05) is 6.07 Å². The molecule has 0 saturated heterocycles. The monoisotopic (exact) mass is 274 g/mol. The second-order valence-corrected chi connectivity index (χ2v) is 5.50. The van der Waals surface area contributed by atoms with Gasteiger partial charge in [0.25, 0.3) is 0 Å². The third kappa shape index (κ3) is 1.87. The maximum Gasteiger partial charge on any atom is 0.195 e. The number of benzene rings is 1. The zero-order valence-electron chi connectivity index (χ0n) is 12.2. The van der Waals surface area contributed by atoms with Gasteiger partial charge in [0.1, 0.15) is 11.3 Å². The Bertz CT molecular complexity index is 744. The minimum Gasteiger partial charge on any atom is -0.460 e. The van der Waals surface area contributed by atoms with Gasteiger partial charge in [0.05, 0.1) is 12.0 Å². The quantitative estimate of drug-likeness (QED) is 0.802. The Morgan fingerprint density at radius 3 is 2.75 bits per heavy atom. The molecule has 2 aromatic rings. The molecule has 0 fully saturated rings. The summed E-state index contributed by atoms with van der Waals surface area (Å²) in [7, 11) is 1.64. The van der Waals surface area contributed by atoms with Crippen molar-refractivity contribution in [3.8, 4) is 0 Å². The van der Waals surface area contributed by atoms with Crippen molar-refractivity contribution < 1.29 is 13.9 Å². The van der Waals surface area contributed by atoms with Crippen LogP contribution >= 0.6 is 0 Å². The Morgan fingerprint density at radius 1 is 1.30 bits per heavy atom. The summed E-state index contributed by atoms with van der Waals surface area (Å²) in [6.45, 7) is 5.91. The smallest absolute Gasteiger partial charge is 0.195 e. The highest BCUT2D eigenvalue weighted by atomic mass is 16.7. The van der Waals surface area contributed by atoms with Crippen molar-refractivity contribution in [2.45, 2.75) is 39.6 Å². The first-order valence-electron chi connectivity index (χ1n) is 6.69. The fourth-order valence-electron chi connectivity index (χ4n) is 2.63. The van der Waals surface area contributed by atoms with Crippen LogP contribution in [0, 0.1) is 13.8 Å². The molecule has 3 rings (SSSR count). The van der Waals surface area contributed by atoms with Crippen molar-refractivity contribution in [2.24, 2.45) is 0 Å². The summed E-state index contributed by atoms with van der Waals surface area (Å²) in [6.07, 6.45) is 0.644. The van der Waals surface area contributed by atoms with Crippen LogP contribution in [-0.4, -0.2) is 12.9 Å². The van der Waals surface area contributed by atoms with Gasteiger partial charge in [-0.15, -0.1) is 0 Å². The van der Waals surface area contributed by atoms with Crippen molar-refractivity contribution >= 4 is 11.0 Å². The Morgan fingerprint density at radius 2 is 2.05 bits per heavy atom. The zero-order chi connectivity index (χ0) is 14.5. The molecule has 4 heteroatoms. The first kappa shape index (κ1) is 13.3. The molecule has 4 nitrogen and oxygen atoms in total. The van der Waals surface area contributed by atoms with E-state index in [1.807, 2.05) is 26.0 Å². The van der Waals surface area contributed by atoms with Crippen LogP contribution in [0.25, 0.3) is 11.0 Å². The molecule has 0 N–H and O–H groups in total. The topological polar surface area (TPSA) is 48.7 Å². The minimum atomic E-state index is -0.610. The Labute approximate surface area is 117 Å². The van der Waals surface area contributed by atoms with E-state index in [1.165, 1.54) is 0 Å². The molecule has 2 heterocycles. The van der Waals surface area contributed by atoms with E-state index in [9.17, 15) is 4.79 Å². The van der Waals surface area contributed by atoms with E-state index in [4.69, 9.17) is 13.9 Å². The van der Waals surface area contributed by atoms with Crippen LogP contribution in [0.1, 0.15) is 29.4 Å². The van der Waals surface area contributed by atoms with E-state index in [-0.39, 0.29) is 5.43 Å². The second kappa shape index (κ2) is 4.43. The average molecular weight is 274 g/mol. The van der Waals surface area contributed by atoms with Gasteiger partial charge in [-0.3, -0.25) is 4.79 Å². The summed E-state index contributed by atoms with van der Waals surface area (Å²) in [4.78, 5) is 12.3. The lowest BCUT2D eigenvalue weighted by Gasteiger charge is -2.33. The normalized spacial score (nSPS) is 22.0. The van der Waals surface area contributed by atoms with E-state index in [0.717, 1.165) is 11.1 Å². The van der Waals surface area contributed by atoms with E-state index in [0.29, 0.717) is 35.3 Å². The van der Waals surface area contributed by atoms with E-state index >= 15 is 0 Å². The molecule has 1 aliphatic heterocycles. The fourth-order valence-corrected chi connectivity index (χ4v) is 2.63. The number of hydrogen-bond acceptors (Lipinski definition) is 4. The summed E-state index contributed by atoms with van der Waals surface area (Å²) in [5.41, 5.74) is 3.41. The van der Waals surface area contributed by atoms with Crippen LogP contribution in [0.5, 0.6) is 0 Å². The van der Waals surface area contributed by atoms with Crippen LogP contribution in [-0.2, 0) is 22.5 Å². The third-order valence-corrected chi connectivity index (χ3v) is 4.19. The molecule has 0 bridgehead atoms. The number of rotatable bonds is 1. The van der Waals surface area contributed by atoms with Crippen LogP contribution in [0.2, 0.25) is 0 Å². The maximum absolute atomic E-state index is 12.3. The molecular formula is C16H18O4. The van der Waals surface area contributed by atoms with Gasteiger partial charge in [-0.2, -0.15) is 0 Å². The van der Waals surface area contributed by atoms with E-state index in [1.54, 1.807) is 14.0 Å². The first-order chi connectivity index (χ1) is 9.45. The molecule has 1 atom stereocenters. The summed E-state index contributed by atoms with van der Waals surface area (Å²) in [6, 6.07) is 3.82. The van der Waals surface area contributed by atoms with Crippen molar-refractivity contribution in [3.05, 3.63) is 44.8 Å². The number of fused-ring (bicyclic) bond motifs is 3. The molecule has 0 amide bonds. The van der Waals surface area contributed by atoms with Gasteiger partial charge in [-0.05, 0) is 32.4 Å². The lowest BCUT2D eigenvalue weighted by Crippen LogP contribution is -2.37.